The van der Waals surface area contributed by atoms with Gasteiger partial charge in [-0.15, -0.1) is 0 Å². The molecule has 1 saturated heterocycles. The average Bonchev–Trinajstić information content (AvgIpc) is 2.47. The second-order valence-electron chi connectivity index (χ2n) is 4.88. The van der Waals surface area contributed by atoms with Gasteiger partial charge < -0.3 is 4.90 Å². The van der Waals surface area contributed by atoms with E-state index in [0.29, 0.717) is 11.9 Å². The van der Waals surface area contributed by atoms with Crippen molar-refractivity contribution in [2.24, 2.45) is 0 Å². The number of anilines is 1. The molecule has 1 aliphatic rings. The Morgan fingerprint density at radius 2 is 2.25 bits per heavy atom. The van der Waals surface area contributed by atoms with Gasteiger partial charge in [0.1, 0.15) is 0 Å². The van der Waals surface area contributed by atoms with Crippen molar-refractivity contribution in [3.05, 3.63) is 17.5 Å². The maximum absolute atomic E-state index is 12.2. The molecule has 1 atom stereocenters. The highest BCUT2D eigenvalue weighted by atomic mass is 35.5. The molecule has 6 nitrogen and oxygen atoms in total. The van der Waals surface area contributed by atoms with Gasteiger partial charge >= 0.3 is 6.03 Å². The fraction of sp³-hybridized carbons (Fsp3) is 0.615. The van der Waals surface area contributed by atoms with E-state index in [4.69, 9.17) is 11.6 Å². The smallest absolute Gasteiger partial charge is 0.320 e. The summed E-state index contributed by atoms with van der Waals surface area (Å²) in [5, 5.41) is 0.233. The van der Waals surface area contributed by atoms with E-state index in [-0.39, 0.29) is 11.2 Å². The predicted octanol–water partition coefficient (Wildman–Crippen LogP) is 2.82. The van der Waals surface area contributed by atoms with E-state index in [0.717, 1.165) is 32.2 Å². The third-order valence-electron chi connectivity index (χ3n) is 3.45. The number of carbonyl (C=O) groups excluding carboxylic acids is 1. The number of rotatable bonds is 4. The Bertz CT molecular complexity index is 454. The molecule has 0 bridgehead atoms. The molecule has 0 spiro atoms. The highest BCUT2D eigenvalue weighted by Crippen LogP contribution is 2.21. The summed E-state index contributed by atoms with van der Waals surface area (Å²) in [4.78, 5) is 22.0. The van der Waals surface area contributed by atoms with Crippen molar-refractivity contribution in [3.63, 3.8) is 0 Å². The van der Waals surface area contributed by atoms with Crippen molar-refractivity contribution < 1.29 is 4.79 Å². The monoisotopic (exact) mass is 297 g/mol. The minimum absolute atomic E-state index is 0.134. The number of hydrogen-bond acceptors (Lipinski definition) is 4. The standard InChI is InChI=1S/C13H20ClN5O/c1-2-5-10-6-3-4-9-19(10)13(20)18-17-12-11(14)15-7-8-16-12/h7-8,10H,2-6,9H2,1H3,(H,16,17)(H,18,20). The van der Waals surface area contributed by atoms with Gasteiger partial charge in [0.15, 0.2) is 11.0 Å². The zero-order valence-electron chi connectivity index (χ0n) is 11.6. The first kappa shape index (κ1) is 14.8. The molecule has 0 aromatic carbocycles. The maximum atomic E-state index is 12.2. The van der Waals surface area contributed by atoms with E-state index in [2.05, 4.69) is 27.7 Å². The van der Waals surface area contributed by atoms with Crippen molar-refractivity contribution in [1.82, 2.24) is 20.3 Å². The largest absolute Gasteiger partial charge is 0.336 e. The van der Waals surface area contributed by atoms with Crippen LogP contribution < -0.4 is 10.9 Å². The van der Waals surface area contributed by atoms with Crippen LogP contribution in [0.3, 0.4) is 0 Å². The molecule has 1 aromatic rings. The SMILES string of the molecule is CCCC1CCCCN1C(=O)NNc1nccnc1Cl. The van der Waals surface area contributed by atoms with Gasteiger partial charge in [0.25, 0.3) is 0 Å². The molecule has 2 rings (SSSR count). The number of hydrogen-bond donors (Lipinski definition) is 2. The number of hydrazine groups is 1. The zero-order chi connectivity index (χ0) is 14.4. The molecule has 1 aromatic heterocycles. The summed E-state index contributed by atoms with van der Waals surface area (Å²) in [6, 6.07) is 0.192. The Morgan fingerprint density at radius 1 is 1.45 bits per heavy atom. The van der Waals surface area contributed by atoms with E-state index >= 15 is 0 Å². The lowest BCUT2D eigenvalue weighted by Crippen LogP contribution is -2.50. The van der Waals surface area contributed by atoms with E-state index in [9.17, 15) is 4.79 Å². The highest BCUT2D eigenvalue weighted by molar-refractivity contribution is 6.31. The summed E-state index contributed by atoms with van der Waals surface area (Å²) in [6.07, 6.45) is 8.46. The molecular formula is C13H20ClN5O. The van der Waals surface area contributed by atoms with Crippen LogP contribution in [0.4, 0.5) is 10.6 Å². The fourth-order valence-corrected chi connectivity index (χ4v) is 2.64. The molecule has 110 valence electrons. The van der Waals surface area contributed by atoms with Gasteiger partial charge in [0.05, 0.1) is 0 Å². The number of nitrogens with one attached hydrogen (secondary N) is 2. The lowest BCUT2D eigenvalue weighted by atomic mass is 9.99. The Labute approximate surface area is 123 Å². The molecule has 1 fully saturated rings. The first-order valence-electron chi connectivity index (χ1n) is 7.01. The van der Waals surface area contributed by atoms with E-state index < -0.39 is 0 Å². The Morgan fingerprint density at radius 3 is 3.00 bits per heavy atom. The van der Waals surface area contributed by atoms with Gasteiger partial charge in [0, 0.05) is 25.0 Å². The Kier molecular flexibility index (Phi) is 5.40. The van der Waals surface area contributed by atoms with Crippen LogP contribution in [0.25, 0.3) is 0 Å². The van der Waals surface area contributed by atoms with Crippen LogP contribution in [0, 0.1) is 0 Å². The molecule has 1 unspecified atom stereocenters. The van der Waals surface area contributed by atoms with Crippen LogP contribution in [0.2, 0.25) is 5.15 Å². The van der Waals surface area contributed by atoms with E-state index in [1.54, 1.807) is 0 Å². The van der Waals surface area contributed by atoms with Gasteiger partial charge in [-0.25, -0.2) is 14.8 Å². The lowest BCUT2D eigenvalue weighted by Gasteiger charge is -2.35. The van der Waals surface area contributed by atoms with Gasteiger partial charge in [-0.3, -0.25) is 10.9 Å². The molecule has 0 aliphatic carbocycles. The molecule has 20 heavy (non-hydrogen) atoms. The minimum atomic E-state index is -0.134. The molecule has 0 radical (unpaired) electrons. The number of amides is 2. The fourth-order valence-electron chi connectivity index (χ4n) is 2.49. The van der Waals surface area contributed by atoms with Crippen LogP contribution >= 0.6 is 11.6 Å². The minimum Gasteiger partial charge on any atom is -0.320 e. The van der Waals surface area contributed by atoms with Crippen molar-refractivity contribution in [2.45, 2.75) is 45.1 Å². The lowest BCUT2D eigenvalue weighted by molar-refractivity contribution is 0.148. The van der Waals surface area contributed by atoms with Gasteiger partial charge in [-0.1, -0.05) is 24.9 Å². The van der Waals surface area contributed by atoms with Crippen molar-refractivity contribution in [2.75, 3.05) is 12.0 Å². The topological polar surface area (TPSA) is 70.2 Å². The molecule has 1 aliphatic heterocycles. The summed E-state index contributed by atoms with van der Waals surface area (Å²) in [6.45, 7) is 2.94. The van der Waals surface area contributed by atoms with Crippen LogP contribution in [0.5, 0.6) is 0 Å². The summed E-state index contributed by atoms with van der Waals surface area (Å²) >= 11 is 5.87. The van der Waals surface area contributed by atoms with Gasteiger partial charge in [-0.05, 0) is 25.7 Å². The molecule has 2 N–H and O–H groups in total. The summed E-state index contributed by atoms with van der Waals surface area (Å²) in [5.41, 5.74) is 5.37. The van der Waals surface area contributed by atoms with Crippen molar-refractivity contribution in [1.29, 1.82) is 0 Å². The second kappa shape index (κ2) is 7.28. The van der Waals surface area contributed by atoms with Crippen LogP contribution in [0.15, 0.2) is 12.4 Å². The first-order valence-corrected chi connectivity index (χ1v) is 7.39. The first-order chi connectivity index (χ1) is 9.72. The molecule has 2 amide bonds. The highest BCUT2D eigenvalue weighted by Gasteiger charge is 2.25. The second-order valence-corrected chi connectivity index (χ2v) is 5.24. The summed E-state index contributed by atoms with van der Waals surface area (Å²) < 4.78 is 0. The van der Waals surface area contributed by atoms with E-state index in [1.807, 2.05) is 4.90 Å². The quantitative estimate of drug-likeness (QED) is 0.839. The summed E-state index contributed by atoms with van der Waals surface area (Å²) in [7, 11) is 0. The number of aromatic nitrogens is 2. The molecule has 7 heteroatoms. The molecule has 0 saturated carbocycles. The Balaban J connectivity index is 1.91. The van der Waals surface area contributed by atoms with Gasteiger partial charge in [0.2, 0.25) is 0 Å². The molecule has 2 heterocycles. The number of nitrogens with zero attached hydrogens (tertiary/aromatic N) is 3. The van der Waals surface area contributed by atoms with E-state index in [1.165, 1.54) is 18.8 Å². The molecular weight excluding hydrogens is 278 g/mol. The zero-order valence-corrected chi connectivity index (χ0v) is 12.4. The Hall–Kier alpha value is -1.56. The third kappa shape index (κ3) is 3.72. The van der Waals surface area contributed by atoms with Gasteiger partial charge in [-0.2, -0.15) is 0 Å². The van der Waals surface area contributed by atoms with Crippen LogP contribution in [0.1, 0.15) is 39.0 Å². The summed E-state index contributed by atoms with van der Waals surface area (Å²) in [5.74, 6) is 0.353. The number of likely N-dealkylation sites (tertiary alicyclic amines) is 1. The average molecular weight is 298 g/mol. The van der Waals surface area contributed by atoms with Crippen molar-refractivity contribution >= 4 is 23.4 Å². The predicted molar refractivity (Wildman–Crippen MR) is 78.4 cm³/mol. The third-order valence-corrected chi connectivity index (χ3v) is 3.73. The number of halogens is 1. The number of carbonyl (C=O) groups is 1. The number of piperidine rings is 1. The van der Waals surface area contributed by atoms with Crippen LogP contribution in [-0.2, 0) is 0 Å². The van der Waals surface area contributed by atoms with Crippen LogP contribution in [-0.4, -0.2) is 33.5 Å². The number of urea groups is 1. The van der Waals surface area contributed by atoms with Crippen molar-refractivity contribution in [3.8, 4) is 0 Å². The normalized spacial score (nSPS) is 18.7. The maximum Gasteiger partial charge on any atom is 0.336 e.